The zero-order valence-electron chi connectivity index (χ0n) is 12.2. The molecule has 1 N–H and O–H groups in total. The fraction of sp³-hybridized carbons (Fsp3) is 0.933. The van der Waals surface area contributed by atoms with Crippen molar-refractivity contribution in [3.8, 4) is 0 Å². The molecule has 0 bridgehead atoms. The number of aliphatic carboxylic acids is 1. The summed E-state index contributed by atoms with van der Waals surface area (Å²) in [7, 11) is 0. The number of carboxylic acids is 1. The van der Waals surface area contributed by atoms with Crippen molar-refractivity contribution < 1.29 is 14.6 Å². The normalized spacial score (nSPS) is 32.7. The molecule has 19 heavy (non-hydrogen) atoms. The van der Waals surface area contributed by atoms with E-state index in [9.17, 15) is 4.79 Å². The molecule has 0 spiro atoms. The lowest BCUT2D eigenvalue weighted by molar-refractivity contribution is -0.142. The lowest BCUT2D eigenvalue weighted by atomic mass is 9.85. The molecular weight excluding hydrogens is 242 g/mol. The summed E-state index contributed by atoms with van der Waals surface area (Å²) in [6.45, 7) is 7.15. The van der Waals surface area contributed by atoms with Crippen LogP contribution in [0.4, 0.5) is 0 Å². The van der Waals surface area contributed by atoms with E-state index in [1.807, 2.05) is 0 Å². The highest BCUT2D eigenvalue weighted by atomic mass is 16.5. The molecule has 0 aromatic rings. The second-order valence-electron chi connectivity index (χ2n) is 6.83. The second-order valence-corrected chi connectivity index (χ2v) is 6.83. The Kier molecular flexibility index (Phi) is 4.85. The van der Waals surface area contributed by atoms with Crippen molar-refractivity contribution in [1.29, 1.82) is 0 Å². The molecule has 0 aromatic heterocycles. The Morgan fingerprint density at radius 3 is 2.89 bits per heavy atom. The average molecular weight is 269 g/mol. The van der Waals surface area contributed by atoms with Gasteiger partial charge < -0.3 is 9.84 Å². The van der Waals surface area contributed by atoms with E-state index in [4.69, 9.17) is 9.84 Å². The highest BCUT2D eigenvalue weighted by Gasteiger charge is 2.31. The maximum Gasteiger partial charge on any atom is 0.306 e. The van der Waals surface area contributed by atoms with Gasteiger partial charge in [0.15, 0.2) is 0 Å². The predicted octanol–water partition coefficient (Wildman–Crippen LogP) is 2.52. The van der Waals surface area contributed by atoms with Crippen LogP contribution in [-0.4, -0.2) is 47.8 Å². The molecule has 1 saturated carbocycles. The van der Waals surface area contributed by atoms with Crippen molar-refractivity contribution in [3.05, 3.63) is 0 Å². The number of hydrogen-bond acceptors (Lipinski definition) is 3. The van der Waals surface area contributed by atoms with Crippen molar-refractivity contribution in [2.24, 2.45) is 5.41 Å². The van der Waals surface area contributed by atoms with Crippen molar-refractivity contribution in [2.75, 3.05) is 19.7 Å². The van der Waals surface area contributed by atoms with Gasteiger partial charge in [-0.25, -0.2) is 0 Å². The highest BCUT2D eigenvalue weighted by Crippen LogP contribution is 2.35. The Morgan fingerprint density at radius 2 is 2.16 bits per heavy atom. The summed E-state index contributed by atoms with van der Waals surface area (Å²) in [6.07, 6.45) is 6.39. The molecular formula is C15H27NO3. The van der Waals surface area contributed by atoms with Gasteiger partial charge in [0.2, 0.25) is 0 Å². The Bertz CT molecular complexity index is 317. The van der Waals surface area contributed by atoms with E-state index in [-0.39, 0.29) is 12.5 Å². The van der Waals surface area contributed by atoms with Crippen LogP contribution < -0.4 is 0 Å². The first kappa shape index (κ1) is 14.8. The van der Waals surface area contributed by atoms with E-state index in [2.05, 4.69) is 18.7 Å². The van der Waals surface area contributed by atoms with Crippen LogP contribution in [0.25, 0.3) is 0 Å². The number of ether oxygens (including phenoxy) is 1. The topological polar surface area (TPSA) is 49.8 Å². The van der Waals surface area contributed by atoms with Crippen LogP contribution in [0.1, 0.15) is 52.4 Å². The van der Waals surface area contributed by atoms with E-state index in [0.29, 0.717) is 18.1 Å². The van der Waals surface area contributed by atoms with Crippen molar-refractivity contribution in [1.82, 2.24) is 4.90 Å². The summed E-state index contributed by atoms with van der Waals surface area (Å²) in [4.78, 5) is 13.3. The Morgan fingerprint density at radius 1 is 1.37 bits per heavy atom. The first-order chi connectivity index (χ1) is 8.96. The fourth-order valence-corrected chi connectivity index (χ4v) is 3.40. The quantitative estimate of drug-likeness (QED) is 0.800. The molecule has 4 nitrogen and oxygen atoms in total. The van der Waals surface area contributed by atoms with Gasteiger partial charge in [-0.2, -0.15) is 0 Å². The predicted molar refractivity (Wildman–Crippen MR) is 74.2 cm³/mol. The van der Waals surface area contributed by atoms with Crippen molar-refractivity contribution in [2.45, 2.75) is 64.5 Å². The number of morpholine rings is 1. The minimum absolute atomic E-state index is 0.123. The number of carboxylic acid groups (broad SMARTS) is 1. The van der Waals surface area contributed by atoms with Crippen LogP contribution in [0.2, 0.25) is 0 Å². The molecule has 2 aliphatic rings. The highest BCUT2D eigenvalue weighted by molar-refractivity contribution is 5.67. The summed E-state index contributed by atoms with van der Waals surface area (Å²) in [5.41, 5.74) is 0.474. The lowest BCUT2D eigenvalue weighted by Crippen LogP contribution is -2.48. The zero-order valence-corrected chi connectivity index (χ0v) is 12.2. The molecule has 1 aliphatic carbocycles. The number of nitrogens with zero attached hydrogens (tertiary/aromatic N) is 1. The fourth-order valence-electron chi connectivity index (χ4n) is 3.40. The van der Waals surface area contributed by atoms with E-state index in [1.165, 1.54) is 32.1 Å². The molecule has 1 heterocycles. The van der Waals surface area contributed by atoms with Gasteiger partial charge in [0.05, 0.1) is 19.1 Å². The minimum Gasteiger partial charge on any atom is -0.481 e. The lowest BCUT2D eigenvalue weighted by Gasteiger charge is -2.38. The zero-order chi connectivity index (χ0) is 13.9. The van der Waals surface area contributed by atoms with Crippen LogP contribution >= 0.6 is 0 Å². The molecule has 4 heteroatoms. The third-order valence-electron chi connectivity index (χ3n) is 4.63. The van der Waals surface area contributed by atoms with E-state index in [1.54, 1.807) is 0 Å². The van der Waals surface area contributed by atoms with E-state index in [0.717, 1.165) is 13.1 Å². The largest absolute Gasteiger partial charge is 0.481 e. The summed E-state index contributed by atoms with van der Waals surface area (Å²) in [5, 5.41) is 8.88. The summed E-state index contributed by atoms with van der Waals surface area (Å²) in [5.74, 6) is -0.756. The van der Waals surface area contributed by atoms with Crippen LogP contribution in [0.3, 0.4) is 0 Å². The van der Waals surface area contributed by atoms with Crippen molar-refractivity contribution >= 4 is 5.97 Å². The maximum atomic E-state index is 10.8. The molecule has 0 radical (unpaired) electrons. The number of carbonyl (C=O) groups is 1. The summed E-state index contributed by atoms with van der Waals surface area (Å²) < 4.78 is 5.56. The number of hydrogen-bond donors (Lipinski definition) is 1. The standard InChI is InChI=1S/C15H27NO3/c1-15(2)6-3-4-12(5-7-15)16-8-9-19-13(11-16)10-14(17)18/h12-13H,3-11H2,1-2H3,(H,17,18). The smallest absolute Gasteiger partial charge is 0.306 e. The van der Waals surface area contributed by atoms with Gasteiger partial charge >= 0.3 is 5.97 Å². The van der Waals surface area contributed by atoms with Crippen molar-refractivity contribution in [3.63, 3.8) is 0 Å². The third kappa shape index (κ3) is 4.46. The van der Waals surface area contributed by atoms with Crippen LogP contribution in [0, 0.1) is 5.41 Å². The Labute approximate surface area is 116 Å². The maximum absolute atomic E-state index is 10.8. The molecule has 1 aliphatic heterocycles. The molecule has 2 fully saturated rings. The van der Waals surface area contributed by atoms with Crippen LogP contribution in [0.15, 0.2) is 0 Å². The second kappa shape index (κ2) is 6.23. The molecule has 2 rings (SSSR count). The van der Waals surface area contributed by atoms with Crippen LogP contribution in [-0.2, 0) is 9.53 Å². The molecule has 2 unspecified atom stereocenters. The van der Waals surface area contributed by atoms with Gasteiger partial charge in [0, 0.05) is 19.1 Å². The van der Waals surface area contributed by atoms with Gasteiger partial charge in [0.1, 0.15) is 0 Å². The first-order valence-corrected chi connectivity index (χ1v) is 7.54. The van der Waals surface area contributed by atoms with Gasteiger partial charge in [-0.1, -0.05) is 20.3 Å². The minimum atomic E-state index is -0.756. The number of rotatable bonds is 3. The van der Waals surface area contributed by atoms with Gasteiger partial charge in [-0.15, -0.1) is 0 Å². The van der Waals surface area contributed by atoms with Gasteiger partial charge in [-0.05, 0) is 31.1 Å². The molecule has 0 amide bonds. The summed E-state index contributed by atoms with van der Waals surface area (Å²) in [6, 6.07) is 0.627. The molecule has 2 atom stereocenters. The average Bonchev–Trinajstić information content (AvgIpc) is 2.50. The third-order valence-corrected chi connectivity index (χ3v) is 4.63. The van der Waals surface area contributed by atoms with E-state index >= 15 is 0 Å². The van der Waals surface area contributed by atoms with Crippen LogP contribution in [0.5, 0.6) is 0 Å². The monoisotopic (exact) mass is 269 g/mol. The molecule has 0 aromatic carbocycles. The molecule has 1 saturated heterocycles. The Balaban J connectivity index is 1.88. The SMILES string of the molecule is CC1(C)CCCC(N2CCOC(CC(=O)O)C2)CC1. The summed E-state index contributed by atoms with van der Waals surface area (Å²) >= 11 is 0. The first-order valence-electron chi connectivity index (χ1n) is 7.54. The molecule has 110 valence electrons. The van der Waals surface area contributed by atoms with Gasteiger partial charge in [-0.3, -0.25) is 9.69 Å². The van der Waals surface area contributed by atoms with E-state index < -0.39 is 5.97 Å². The van der Waals surface area contributed by atoms with Gasteiger partial charge in [0.25, 0.3) is 0 Å². The Hall–Kier alpha value is -0.610.